The Balaban J connectivity index is 1.42. The molecule has 3 heterocycles. The topological polar surface area (TPSA) is 67.7 Å². The first-order chi connectivity index (χ1) is 13.1. The van der Waals surface area contributed by atoms with Crippen molar-refractivity contribution in [3.05, 3.63) is 34.9 Å². The SMILES string of the molecule is COc1ccc2c(=O)n(CC3CCN(C4CCN(C)C4=O)CC3)cnc2c1. The second kappa shape index (κ2) is 7.31. The van der Waals surface area contributed by atoms with Crippen LogP contribution in [0.25, 0.3) is 10.9 Å². The molecule has 144 valence electrons. The van der Waals surface area contributed by atoms with E-state index in [9.17, 15) is 9.59 Å². The second-order valence-corrected chi connectivity index (χ2v) is 7.63. The maximum atomic E-state index is 12.8. The van der Waals surface area contributed by atoms with Crippen molar-refractivity contribution >= 4 is 16.8 Å². The van der Waals surface area contributed by atoms with Gasteiger partial charge in [0.15, 0.2) is 0 Å². The number of fused-ring (bicyclic) bond motifs is 1. The van der Waals surface area contributed by atoms with Gasteiger partial charge in [0, 0.05) is 26.2 Å². The molecule has 2 fully saturated rings. The van der Waals surface area contributed by atoms with E-state index in [-0.39, 0.29) is 17.5 Å². The summed E-state index contributed by atoms with van der Waals surface area (Å²) in [6.45, 7) is 3.37. The quantitative estimate of drug-likeness (QED) is 0.813. The number of benzene rings is 1. The zero-order valence-electron chi connectivity index (χ0n) is 15.9. The fourth-order valence-electron chi connectivity index (χ4n) is 4.26. The highest BCUT2D eigenvalue weighted by Gasteiger charge is 2.35. The van der Waals surface area contributed by atoms with Crippen molar-refractivity contribution in [1.29, 1.82) is 0 Å². The molecule has 0 saturated carbocycles. The molecule has 2 saturated heterocycles. The molecular formula is C20H26N4O3. The number of carbonyl (C=O) groups is 1. The van der Waals surface area contributed by atoms with Crippen molar-refractivity contribution < 1.29 is 9.53 Å². The molecule has 2 aliphatic heterocycles. The number of carbonyl (C=O) groups excluding carboxylic acids is 1. The molecule has 1 amide bonds. The Morgan fingerprint density at radius 2 is 1.93 bits per heavy atom. The first kappa shape index (κ1) is 18.0. The van der Waals surface area contributed by atoms with Crippen LogP contribution in [0.4, 0.5) is 0 Å². The molecule has 0 radical (unpaired) electrons. The highest BCUT2D eigenvalue weighted by molar-refractivity contribution is 5.83. The Hall–Kier alpha value is -2.41. The van der Waals surface area contributed by atoms with Crippen molar-refractivity contribution in [1.82, 2.24) is 19.4 Å². The summed E-state index contributed by atoms with van der Waals surface area (Å²) in [5, 5.41) is 0.621. The molecule has 1 atom stereocenters. The highest BCUT2D eigenvalue weighted by Crippen LogP contribution is 2.24. The van der Waals surface area contributed by atoms with Gasteiger partial charge in [-0.3, -0.25) is 19.1 Å². The summed E-state index contributed by atoms with van der Waals surface area (Å²) >= 11 is 0. The summed E-state index contributed by atoms with van der Waals surface area (Å²) in [6.07, 6.45) is 4.57. The van der Waals surface area contributed by atoms with Crippen molar-refractivity contribution in [2.45, 2.75) is 31.8 Å². The third-order valence-electron chi connectivity index (χ3n) is 5.98. The summed E-state index contributed by atoms with van der Waals surface area (Å²) in [5.74, 6) is 1.39. The van der Waals surface area contributed by atoms with Gasteiger partial charge in [0.1, 0.15) is 5.75 Å². The monoisotopic (exact) mass is 370 g/mol. The Labute approximate surface area is 158 Å². The average Bonchev–Trinajstić information content (AvgIpc) is 3.03. The molecule has 4 rings (SSSR count). The van der Waals surface area contributed by atoms with Crippen LogP contribution in [0.2, 0.25) is 0 Å². The third-order valence-corrected chi connectivity index (χ3v) is 5.98. The van der Waals surface area contributed by atoms with Gasteiger partial charge >= 0.3 is 0 Å². The number of amides is 1. The van der Waals surface area contributed by atoms with Gasteiger partial charge in [0.25, 0.3) is 5.56 Å². The number of piperidine rings is 1. The van der Waals surface area contributed by atoms with Crippen LogP contribution in [-0.2, 0) is 11.3 Å². The number of methoxy groups -OCH3 is 1. The van der Waals surface area contributed by atoms with Crippen LogP contribution in [0.1, 0.15) is 19.3 Å². The first-order valence-electron chi connectivity index (χ1n) is 9.59. The lowest BCUT2D eigenvalue weighted by atomic mass is 9.95. The molecule has 7 heteroatoms. The summed E-state index contributed by atoms with van der Waals surface area (Å²) < 4.78 is 6.93. The van der Waals surface area contributed by atoms with Gasteiger partial charge in [-0.2, -0.15) is 0 Å². The normalized spacial score (nSPS) is 21.9. The van der Waals surface area contributed by atoms with Gasteiger partial charge < -0.3 is 9.64 Å². The van der Waals surface area contributed by atoms with E-state index >= 15 is 0 Å². The minimum atomic E-state index is -0.00215. The Morgan fingerprint density at radius 3 is 2.59 bits per heavy atom. The van der Waals surface area contributed by atoms with Gasteiger partial charge in [0.2, 0.25) is 5.91 Å². The molecule has 0 N–H and O–H groups in total. The van der Waals surface area contributed by atoms with E-state index in [4.69, 9.17) is 4.74 Å². The number of likely N-dealkylation sites (tertiary alicyclic amines) is 2. The number of hydrogen-bond acceptors (Lipinski definition) is 5. The van der Waals surface area contributed by atoms with Crippen molar-refractivity contribution in [3.63, 3.8) is 0 Å². The number of nitrogens with zero attached hydrogens (tertiary/aromatic N) is 4. The van der Waals surface area contributed by atoms with E-state index in [1.54, 1.807) is 36.2 Å². The minimum absolute atomic E-state index is 0.00215. The molecular weight excluding hydrogens is 344 g/mol. The lowest BCUT2D eigenvalue weighted by Gasteiger charge is -2.35. The van der Waals surface area contributed by atoms with Crippen LogP contribution in [0, 0.1) is 5.92 Å². The van der Waals surface area contributed by atoms with E-state index in [1.807, 2.05) is 11.9 Å². The van der Waals surface area contributed by atoms with Crippen molar-refractivity contribution in [2.24, 2.45) is 5.92 Å². The number of likely N-dealkylation sites (N-methyl/N-ethyl adjacent to an activating group) is 1. The minimum Gasteiger partial charge on any atom is -0.497 e. The first-order valence-corrected chi connectivity index (χ1v) is 9.59. The molecule has 27 heavy (non-hydrogen) atoms. The van der Waals surface area contributed by atoms with Crippen LogP contribution in [0.15, 0.2) is 29.3 Å². The van der Waals surface area contributed by atoms with Gasteiger partial charge in [-0.15, -0.1) is 0 Å². The van der Waals surface area contributed by atoms with Crippen LogP contribution >= 0.6 is 0 Å². The average molecular weight is 370 g/mol. The third kappa shape index (κ3) is 3.43. The Kier molecular flexibility index (Phi) is 4.86. The molecule has 0 bridgehead atoms. The number of aromatic nitrogens is 2. The zero-order valence-corrected chi connectivity index (χ0v) is 15.9. The van der Waals surface area contributed by atoms with Crippen molar-refractivity contribution in [3.8, 4) is 5.75 Å². The number of rotatable bonds is 4. The molecule has 7 nitrogen and oxygen atoms in total. The summed E-state index contributed by atoms with van der Waals surface area (Å²) in [7, 11) is 3.48. The van der Waals surface area contributed by atoms with Gasteiger partial charge in [-0.05, 0) is 50.4 Å². The van der Waals surface area contributed by atoms with E-state index < -0.39 is 0 Å². The maximum Gasteiger partial charge on any atom is 0.261 e. The molecule has 0 aliphatic carbocycles. The fourth-order valence-corrected chi connectivity index (χ4v) is 4.26. The molecule has 0 spiro atoms. The highest BCUT2D eigenvalue weighted by atomic mass is 16.5. The molecule has 2 aliphatic rings. The fraction of sp³-hybridized carbons (Fsp3) is 0.550. The predicted molar refractivity (Wildman–Crippen MR) is 103 cm³/mol. The number of hydrogen-bond donors (Lipinski definition) is 0. The standard InChI is InChI=1S/C20H26N4O3/c1-22-8-7-18(20(22)26)23-9-5-14(6-10-23)12-24-13-21-17-11-15(27-2)3-4-16(17)19(24)25/h3-4,11,13-14,18H,5-10,12H2,1-2H3. The summed E-state index contributed by atoms with van der Waals surface area (Å²) in [5.41, 5.74) is 0.659. The van der Waals surface area contributed by atoms with Crippen molar-refractivity contribution in [2.75, 3.05) is 33.8 Å². The summed E-state index contributed by atoms with van der Waals surface area (Å²) in [6, 6.07) is 5.42. The van der Waals surface area contributed by atoms with E-state index in [0.29, 0.717) is 29.1 Å². The zero-order chi connectivity index (χ0) is 19.0. The van der Waals surface area contributed by atoms with E-state index in [1.165, 1.54) is 0 Å². The Morgan fingerprint density at radius 1 is 1.15 bits per heavy atom. The van der Waals surface area contributed by atoms with Gasteiger partial charge in [-0.1, -0.05) is 0 Å². The van der Waals surface area contributed by atoms with Crippen LogP contribution < -0.4 is 10.3 Å². The largest absolute Gasteiger partial charge is 0.497 e. The molecule has 2 aromatic rings. The molecule has 1 aromatic heterocycles. The molecule has 1 unspecified atom stereocenters. The number of ether oxygens (including phenoxy) is 1. The van der Waals surface area contributed by atoms with E-state index in [2.05, 4.69) is 9.88 Å². The second-order valence-electron chi connectivity index (χ2n) is 7.63. The van der Waals surface area contributed by atoms with Crippen LogP contribution in [0.3, 0.4) is 0 Å². The van der Waals surface area contributed by atoms with E-state index in [0.717, 1.165) is 38.9 Å². The van der Waals surface area contributed by atoms with Gasteiger partial charge in [-0.25, -0.2) is 4.98 Å². The van der Waals surface area contributed by atoms with Crippen LogP contribution in [-0.4, -0.2) is 65.1 Å². The van der Waals surface area contributed by atoms with Crippen LogP contribution in [0.5, 0.6) is 5.75 Å². The maximum absolute atomic E-state index is 12.8. The lowest BCUT2D eigenvalue weighted by molar-refractivity contribution is -0.131. The molecule has 1 aromatic carbocycles. The van der Waals surface area contributed by atoms with Gasteiger partial charge in [0.05, 0.1) is 30.4 Å². The lowest BCUT2D eigenvalue weighted by Crippen LogP contribution is -2.46. The predicted octanol–water partition coefficient (Wildman–Crippen LogP) is 1.35. The Bertz CT molecular complexity index is 902. The smallest absolute Gasteiger partial charge is 0.261 e. The summed E-state index contributed by atoms with van der Waals surface area (Å²) in [4.78, 5) is 33.6.